The molecule has 0 fully saturated rings. The molecule has 0 saturated carbocycles. The Kier molecular flexibility index (Phi) is 9.83. The fraction of sp³-hybridized carbons (Fsp3) is 0.455. The van der Waals surface area contributed by atoms with Gasteiger partial charge in [0.25, 0.3) is 0 Å². The van der Waals surface area contributed by atoms with Gasteiger partial charge in [-0.25, -0.2) is 9.37 Å². The van der Waals surface area contributed by atoms with E-state index in [-0.39, 0.29) is 18.0 Å². The molecule has 0 amide bonds. The molecule has 0 aliphatic heterocycles. The van der Waals surface area contributed by atoms with Gasteiger partial charge in [-0.1, -0.05) is 19.1 Å². The number of carboxylic acid groups (broad SMARTS) is 1. The first-order chi connectivity index (χ1) is 14.9. The molecule has 8 nitrogen and oxygen atoms in total. The van der Waals surface area contributed by atoms with Crippen molar-refractivity contribution in [2.45, 2.75) is 39.0 Å². The number of carbonyl (C=O) groups excluding carboxylic acids is 1. The number of nitrogens with two attached hydrogens (primary N) is 1. The Morgan fingerprint density at radius 2 is 1.87 bits per heavy atom. The third-order valence-electron chi connectivity index (χ3n) is 4.84. The van der Waals surface area contributed by atoms with E-state index in [2.05, 4.69) is 20.6 Å². The predicted molar refractivity (Wildman–Crippen MR) is 118 cm³/mol. The van der Waals surface area contributed by atoms with E-state index in [9.17, 15) is 14.0 Å². The zero-order valence-corrected chi connectivity index (χ0v) is 17.7. The molecule has 0 saturated heterocycles. The first-order valence-corrected chi connectivity index (χ1v) is 10.5. The zero-order valence-electron chi connectivity index (χ0n) is 17.7. The molecule has 0 unspecified atom stereocenters. The van der Waals surface area contributed by atoms with Gasteiger partial charge in [0.15, 0.2) is 5.78 Å². The van der Waals surface area contributed by atoms with Crippen LogP contribution in [0.2, 0.25) is 0 Å². The summed E-state index contributed by atoms with van der Waals surface area (Å²) in [5.41, 5.74) is 6.74. The highest BCUT2D eigenvalue weighted by atomic mass is 19.1. The van der Waals surface area contributed by atoms with Crippen molar-refractivity contribution in [1.82, 2.24) is 9.97 Å². The van der Waals surface area contributed by atoms with Crippen molar-refractivity contribution < 1.29 is 19.1 Å². The minimum Gasteiger partial charge on any atom is -0.481 e. The number of aliphatic carboxylic acids is 1. The summed E-state index contributed by atoms with van der Waals surface area (Å²) in [4.78, 5) is 32.4. The van der Waals surface area contributed by atoms with Crippen LogP contribution in [0.3, 0.4) is 0 Å². The van der Waals surface area contributed by atoms with Crippen molar-refractivity contribution >= 4 is 23.5 Å². The van der Waals surface area contributed by atoms with Gasteiger partial charge in [-0.3, -0.25) is 9.59 Å². The standard InChI is InChI=1S/C22H30FN5O3/c1-15(21(30)31)4-2-12-25-20-18(14-27-22(28-20)26-13-3-11-24)19(29)10-7-16-5-8-17(23)9-6-16/h5-6,8-9,14-15H,2-4,7,10-13,24H2,1H3,(H,30,31)(H2,25,26,27,28)/t15-/m0/s1. The minimum atomic E-state index is -0.829. The number of ketones is 1. The number of nitrogens with one attached hydrogen (secondary N) is 2. The molecule has 1 aromatic heterocycles. The number of hydrogen-bond donors (Lipinski definition) is 4. The number of aryl methyl sites for hydroxylation is 1. The zero-order chi connectivity index (χ0) is 22.6. The van der Waals surface area contributed by atoms with Crippen LogP contribution < -0.4 is 16.4 Å². The fourth-order valence-electron chi connectivity index (χ4n) is 2.89. The Bertz CT molecular complexity index is 861. The molecule has 0 bridgehead atoms. The van der Waals surface area contributed by atoms with Gasteiger partial charge in [-0.15, -0.1) is 0 Å². The van der Waals surface area contributed by atoms with Crippen molar-refractivity contribution in [1.29, 1.82) is 0 Å². The first kappa shape index (κ1) is 24.2. The molecular formula is C22H30FN5O3. The van der Waals surface area contributed by atoms with Gasteiger partial charge in [0.2, 0.25) is 5.95 Å². The van der Waals surface area contributed by atoms with Gasteiger partial charge in [-0.05, 0) is 49.9 Å². The fourth-order valence-corrected chi connectivity index (χ4v) is 2.89. The lowest BCUT2D eigenvalue weighted by molar-refractivity contribution is -0.141. The summed E-state index contributed by atoms with van der Waals surface area (Å²) in [5, 5.41) is 15.2. The van der Waals surface area contributed by atoms with Crippen LogP contribution in [0.5, 0.6) is 0 Å². The lowest BCUT2D eigenvalue weighted by Gasteiger charge is -2.13. The molecule has 1 aromatic carbocycles. The molecule has 1 heterocycles. The molecule has 0 radical (unpaired) electrons. The number of benzene rings is 1. The van der Waals surface area contributed by atoms with Gasteiger partial charge >= 0.3 is 5.97 Å². The van der Waals surface area contributed by atoms with E-state index in [0.29, 0.717) is 56.2 Å². The van der Waals surface area contributed by atoms with Crippen LogP contribution in [-0.2, 0) is 11.2 Å². The molecule has 0 aliphatic rings. The van der Waals surface area contributed by atoms with E-state index in [1.165, 1.54) is 18.3 Å². The number of anilines is 2. The lowest BCUT2D eigenvalue weighted by atomic mass is 10.0. The minimum absolute atomic E-state index is 0.126. The lowest BCUT2D eigenvalue weighted by Crippen LogP contribution is -2.16. The molecule has 9 heteroatoms. The normalized spacial score (nSPS) is 11.7. The number of carboxylic acids is 1. The quantitative estimate of drug-likeness (QED) is 0.265. The third-order valence-corrected chi connectivity index (χ3v) is 4.84. The van der Waals surface area contributed by atoms with Gasteiger partial charge < -0.3 is 21.5 Å². The monoisotopic (exact) mass is 431 g/mol. The largest absolute Gasteiger partial charge is 0.481 e. The Labute approximate surface area is 181 Å². The smallest absolute Gasteiger partial charge is 0.306 e. The molecule has 1 atom stereocenters. The maximum atomic E-state index is 13.1. The number of halogens is 1. The van der Waals surface area contributed by atoms with Crippen molar-refractivity contribution in [3.8, 4) is 0 Å². The van der Waals surface area contributed by atoms with Gasteiger partial charge in [0, 0.05) is 25.7 Å². The van der Waals surface area contributed by atoms with E-state index in [4.69, 9.17) is 10.8 Å². The number of hydrogen-bond acceptors (Lipinski definition) is 7. The Hall–Kier alpha value is -3.07. The summed E-state index contributed by atoms with van der Waals surface area (Å²) in [6, 6.07) is 6.06. The third kappa shape index (κ3) is 8.29. The second kappa shape index (κ2) is 12.6. The summed E-state index contributed by atoms with van der Waals surface area (Å²) in [6.45, 7) is 3.30. The van der Waals surface area contributed by atoms with E-state index in [1.807, 2.05) is 0 Å². The summed E-state index contributed by atoms with van der Waals surface area (Å²) in [7, 11) is 0. The highest BCUT2D eigenvalue weighted by Gasteiger charge is 2.16. The molecule has 0 aliphatic carbocycles. The summed E-state index contributed by atoms with van der Waals surface area (Å²) >= 11 is 0. The number of aromatic nitrogens is 2. The number of rotatable bonds is 14. The molecule has 2 aromatic rings. The highest BCUT2D eigenvalue weighted by Crippen LogP contribution is 2.18. The highest BCUT2D eigenvalue weighted by molar-refractivity contribution is 6.00. The summed E-state index contributed by atoms with van der Waals surface area (Å²) in [6.07, 6.45) is 4.11. The molecule has 0 spiro atoms. The SMILES string of the molecule is C[C@@H](CCCNc1nc(NCCCN)ncc1C(=O)CCc1ccc(F)cc1)C(=O)O. The topological polar surface area (TPSA) is 130 Å². The molecule has 2 rings (SSSR count). The summed E-state index contributed by atoms with van der Waals surface area (Å²) in [5.74, 6) is -0.894. The van der Waals surface area contributed by atoms with Crippen molar-refractivity contribution in [3.63, 3.8) is 0 Å². The number of carbonyl (C=O) groups is 2. The van der Waals surface area contributed by atoms with Crippen molar-refractivity contribution in [2.75, 3.05) is 30.3 Å². The predicted octanol–water partition coefficient (Wildman–Crippen LogP) is 3.10. The van der Waals surface area contributed by atoms with E-state index in [1.54, 1.807) is 19.1 Å². The van der Waals surface area contributed by atoms with Gasteiger partial charge in [0.1, 0.15) is 11.6 Å². The molecular weight excluding hydrogens is 401 g/mol. The van der Waals surface area contributed by atoms with E-state index >= 15 is 0 Å². The summed E-state index contributed by atoms with van der Waals surface area (Å²) < 4.78 is 13.1. The van der Waals surface area contributed by atoms with Crippen LogP contribution in [-0.4, -0.2) is 46.5 Å². The molecule has 5 N–H and O–H groups in total. The van der Waals surface area contributed by atoms with Crippen LogP contribution in [0.15, 0.2) is 30.5 Å². The van der Waals surface area contributed by atoms with E-state index in [0.717, 1.165) is 12.0 Å². The average molecular weight is 432 g/mol. The van der Waals surface area contributed by atoms with Crippen LogP contribution in [0.25, 0.3) is 0 Å². The second-order valence-electron chi connectivity index (χ2n) is 7.38. The van der Waals surface area contributed by atoms with Crippen LogP contribution in [0.4, 0.5) is 16.2 Å². The van der Waals surface area contributed by atoms with Crippen molar-refractivity contribution in [2.24, 2.45) is 11.7 Å². The first-order valence-electron chi connectivity index (χ1n) is 10.5. The van der Waals surface area contributed by atoms with Crippen LogP contribution >= 0.6 is 0 Å². The van der Waals surface area contributed by atoms with Crippen molar-refractivity contribution in [3.05, 3.63) is 47.4 Å². The maximum absolute atomic E-state index is 13.1. The Morgan fingerprint density at radius 3 is 2.55 bits per heavy atom. The van der Waals surface area contributed by atoms with Crippen LogP contribution in [0.1, 0.15) is 48.5 Å². The number of nitrogens with zero attached hydrogens (tertiary/aromatic N) is 2. The van der Waals surface area contributed by atoms with Gasteiger partial charge in [0.05, 0.1) is 11.5 Å². The molecule has 168 valence electrons. The van der Waals surface area contributed by atoms with E-state index < -0.39 is 11.9 Å². The maximum Gasteiger partial charge on any atom is 0.306 e. The van der Waals surface area contributed by atoms with Gasteiger partial charge in [-0.2, -0.15) is 4.98 Å². The average Bonchev–Trinajstić information content (AvgIpc) is 2.76. The Balaban J connectivity index is 2.04. The second-order valence-corrected chi connectivity index (χ2v) is 7.38. The Morgan fingerprint density at radius 1 is 1.16 bits per heavy atom. The number of Topliss-reactive ketones (excluding diaryl/α,β-unsaturated/α-hetero) is 1. The van der Waals surface area contributed by atoms with Crippen LogP contribution in [0, 0.1) is 11.7 Å². The molecule has 31 heavy (non-hydrogen) atoms.